The average molecular weight is 486 g/mol. The maximum atomic E-state index is 11.1. The third-order valence-electron chi connectivity index (χ3n) is 11.1. The molecule has 4 fully saturated rings. The molecular formula is C27H51NO4S. The van der Waals surface area contributed by atoms with Gasteiger partial charge in [-0.2, -0.15) is 0 Å². The van der Waals surface area contributed by atoms with Crippen molar-refractivity contribution in [3.63, 3.8) is 0 Å². The van der Waals surface area contributed by atoms with Crippen molar-refractivity contribution < 1.29 is 17.2 Å². The quantitative estimate of drug-likeness (QED) is 0.301. The van der Waals surface area contributed by atoms with Gasteiger partial charge in [0.25, 0.3) is 0 Å². The third-order valence-corrected chi connectivity index (χ3v) is 11.6. The monoisotopic (exact) mass is 485 g/mol. The minimum Gasteiger partial charge on any atom is -0.726 e. The topological polar surface area (TPSA) is 103 Å². The third kappa shape index (κ3) is 5.34. The second-order valence-corrected chi connectivity index (χ2v) is 14.1. The predicted octanol–water partition coefficient (Wildman–Crippen LogP) is 7.33. The summed E-state index contributed by atoms with van der Waals surface area (Å²) in [5, 5.41) is 0. The Bertz CT molecular complexity index is 770. The summed E-state index contributed by atoms with van der Waals surface area (Å²) in [7, 11) is -4.60. The second-order valence-electron chi connectivity index (χ2n) is 13.1. The zero-order chi connectivity index (χ0) is 23.3. The Kier molecular flexibility index (Phi) is 8.36. The molecule has 4 N–H and O–H groups in total. The van der Waals surface area contributed by atoms with Crippen LogP contribution in [0.2, 0.25) is 0 Å². The highest BCUT2D eigenvalue weighted by atomic mass is 32.3. The van der Waals surface area contributed by atoms with Crippen molar-refractivity contribution in [3.8, 4) is 0 Å². The first-order valence-electron chi connectivity index (χ1n) is 13.6. The van der Waals surface area contributed by atoms with Gasteiger partial charge in [-0.3, -0.25) is 4.18 Å². The van der Waals surface area contributed by atoms with Crippen LogP contribution in [0.25, 0.3) is 0 Å². The lowest BCUT2D eigenvalue weighted by atomic mass is 9.44. The average Bonchev–Trinajstić information content (AvgIpc) is 3.04. The minimum absolute atomic E-state index is 0. The summed E-state index contributed by atoms with van der Waals surface area (Å²) in [4.78, 5) is 0. The maximum Gasteiger partial charge on any atom is 0.217 e. The molecule has 0 radical (unpaired) electrons. The fourth-order valence-corrected chi connectivity index (χ4v) is 10.0. The normalized spacial score (nSPS) is 43.8. The van der Waals surface area contributed by atoms with E-state index >= 15 is 0 Å². The van der Waals surface area contributed by atoms with Crippen molar-refractivity contribution in [2.45, 2.75) is 118 Å². The van der Waals surface area contributed by atoms with Gasteiger partial charge in [0.15, 0.2) is 0 Å². The van der Waals surface area contributed by atoms with Crippen LogP contribution in [0.3, 0.4) is 0 Å². The molecule has 0 amide bonds. The van der Waals surface area contributed by atoms with Gasteiger partial charge in [0.1, 0.15) is 0 Å². The molecule has 9 atom stereocenters. The van der Waals surface area contributed by atoms with Crippen molar-refractivity contribution in [2.75, 3.05) is 0 Å². The van der Waals surface area contributed by atoms with Crippen molar-refractivity contribution in [2.24, 2.45) is 52.3 Å². The molecule has 194 valence electrons. The van der Waals surface area contributed by atoms with Crippen LogP contribution in [0, 0.1) is 52.3 Å². The molecule has 0 aromatic heterocycles. The van der Waals surface area contributed by atoms with Crippen LogP contribution in [0.4, 0.5) is 0 Å². The molecule has 0 heterocycles. The summed E-state index contributed by atoms with van der Waals surface area (Å²) in [6, 6.07) is 0. The lowest BCUT2D eigenvalue weighted by molar-refractivity contribution is -0.127. The smallest absolute Gasteiger partial charge is 0.217 e. The van der Waals surface area contributed by atoms with Gasteiger partial charge in [0.05, 0.1) is 6.10 Å². The molecule has 6 heteroatoms. The molecule has 4 aliphatic carbocycles. The zero-order valence-corrected chi connectivity index (χ0v) is 23.0. The van der Waals surface area contributed by atoms with Gasteiger partial charge in [-0.15, -0.1) is 0 Å². The Hall–Kier alpha value is -0.170. The number of quaternary nitrogens is 1. The molecule has 0 saturated heterocycles. The Morgan fingerprint density at radius 1 is 0.909 bits per heavy atom. The molecule has 0 aromatic carbocycles. The highest BCUT2D eigenvalue weighted by Gasteiger charge is 2.60. The number of rotatable bonds is 7. The minimum atomic E-state index is -4.60. The summed E-state index contributed by atoms with van der Waals surface area (Å²) in [5.41, 5.74) is 0.802. The molecule has 4 rings (SSSR count). The molecular weight excluding hydrogens is 434 g/mol. The summed E-state index contributed by atoms with van der Waals surface area (Å²) in [6.07, 6.45) is 14.2. The second kappa shape index (κ2) is 10.1. The molecule has 0 spiro atoms. The number of hydrogen-bond donors (Lipinski definition) is 1. The standard InChI is InChI=1S/C27H48O4S.H3N/c1-18(2)7-6-8-19(3)23-11-12-24-22-10-9-20-17-21(31-32(28,29)30)13-15-26(20,4)25(22)14-16-27(23,24)5;/h18-25H,6-17H2,1-5H3,(H,28,29,30);1H3/t19-,20+,21+,22+,23-,24+,25+,26+,27-;/m1./s1. The van der Waals surface area contributed by atoms with Crippen molar-refractivity contribution in [1.82, 2.24) is 6.15 Å². The van der Waals surface area contributed by atoms with Gasteiger partial charge >= 0.3 is 0 Å². The van der Waals surface area contributed by atoms with Crippen LogP contribution in [0.15, 0.2) is 0 Å². The summed E-state index contributed by atoms with van der Waals surface area (Å²) >= 11 is 0. The molecule has 5 nitrogen and oxygen atoms in total. The molecule has 0 aliphatic heterocycles. The first-order chi connectivity index (χ1) is 14.9. The van der Waals surface area contributed by atoms with Gasteiger partial charge in [-0.25, -0.2) is 8.42 Å². The highest BCUT2D eigenvalue weighted by Crippen LogP contribution is 2.68. The largest absolute Gasteiger partial charge is 0.726 e. The van der Waals surface area contributed by atoms with E-state index in [9.17, 15) is 13.0 Å². The van der Waals surface area contributed by atoms with Gasteiger partial charge in [-0.05, 0) is 110 Å². The Morgan fingerprint density at radius 2 is 1.58 bits per heavy atom. The van der Waals surface area contributed by atoms with Crippen molar-refractivity contribution in [3.05, 3.63) is 0 Å². The van der Waals surface area contributed by atoms with E-state index in [1.54, 1.807) is 0 Å². The lowest BCUT2D eigenvalue weighted by Crippen LogP contribution is -2.54. The summed E-state index contributed by atoms with van der Waals surface area (Å²) in [6.45, 7) is 12.3. The molecule has 4 aliphatic rings. The lowest BCUT2D eigenvalue weighted by Gasteiger charge is -2.61. The first-order valence-corrected chi connectivity index (χ1v) is 14.9. The van der Waals surface area contributed by atoms with E-state index in [1.807, 2.05) is 0 Å². The van der Waals surface area contributed by atoms with E-state index in [4.69, 9.17) is 4.18 Å². The van der Waals surface area contributed by atoms with Crippen LogP contribution >= 0.6 is 0 Å². The van der Waals surface area contributed by atoms with Crippen molar-refractivity contribution >= 4 is 10.4 Å². The van der Waals surface area contributed by atoms with E-state index in [2.05, 4.69) is 34.6 Å². The van der Waals surface area contributed by atoms with Crippen molar-refractivity contribution in [1.29, 1.82) is 0 Å². The van der Waals surface area contributed by atoms with E-state index in [-0.39, 0.29) is 11.6 Å². The van der Waals surface area contributed by atoms with E-state index in [0.717, 1.165) is 54.8 Å². The van der Waals surface area contributed by atoms with E-state index in [0.29, 0.717) is 11.3 Å². The maximum absolute atomic E-state index is 11.1. The van der Waals surface area contributed by atoms with Crippen LogP contribution < -0.4 is 6.15 Å². The van der Waals surface area contributed by atoms with E-state index in [1.165, 1.54) is 57.8 Å². The molecule has 0 aromatic rings. The fraction of sp³-hybridized carbons (Fsp3) is 1.00. The fourth-order valence-electron chi connectivity index (χ4n) is 9.50. The van der Waals surface area contributed by atoms with E-state index < -0.39 is 16.5 Å². The molecule has 0 unspecified atom stereocenters. The van der Waals surface area contributed by atoms with Gasteiger partial charge in [0.2, 0.25) is 10.4 Å². The Morgan fingerprint density at radius 3 is 2.24 bits per heavy atom. The summed E-state index contributed by atoms with van der Waals surface area (Å²) in [5.74, 6) is 5.51. The Labute approximate surface area is 203 Å². The molecule has 33 heavy (non-hydrogen) atoms. The van der Waals surface area contributed by atoms with Gasteiger partial charge in [-0.1, -0.05) is 53.9 Å². The zero-order valence-electron chi connectivity index (χ0n) is 22.1. The SMILES string of the molecule is CC(C)CCC[C@@H](C)[C@H]1CC[C@H]2[C@@H]3CC[C@H]4C[C@@H](OS(=O)(=O)[O-])CC[C@]4(C)[C@H]3CC[C@]12C.[NH4+]. The van der Waals surface area contributed by atoms with Crippen LogP contribution in [-0.2, 0) is 14.6 Å². The van der Waals surface area contributed by atoms with Crippen LogP contribution in [0.1, 0.15) is 112 Å². The summed E-state index contributed by atoms with van der Waals surface area (Å²) < 4.78 is 38.3. The number of fused-ring (bicyclic) bond motifs is 5. The highest BCUT2D eigenvalue weighted by molar-refractivity contribution is 7.80. The first kappa shape index (κ1) is 27.4. The van der Waals surface area contributed by atoms with Crippen LogP contribution in [-0.4, -0.2) is 19.1 Å². The van der Waals surface area contributed by atoms with Crippen LogP contribution in [0.5, 0.6) is 0 Å². The predicted molar refractivity (Wildman–Crippen MR) is 134 cm³/mol. The molecule has 0 bridgehead atoms. The molecule has 4 saturated carbocycles. The number of hydrogen-bond acceptors (Lipinski definition) is 4. The van der Waals surface area contributed by atoms with Gasteiger partial charge < -0.3 is 10.7 Å². The van der Waals surface area contributed by atoms with Gasteiger partial charge in [0, 0.05) is 0 Å². The Balaban J connectivity index is 0.00000306.